The van der Waals surface area contributed by atoms with Gasteiger partial charge in [-0.3, -0.25) is 4.72 Å². The molecule has 110 valence electrons. The predicted octanol–water partition coefficient (Wildman–Crippen LogP) is 2.71. The summed E-state index contributed by atoms with van der Waals surface area (Å²) in [6.45, 7) is 5.50. The van der Waals surface area contributed by atoms with E-state index in [1.54, 1.807) is 18.2 Å². The fourth-order valence-corrected chi connectivity index (χ4v) is 3.56. The van der Waals surface area contributed by atoms with Gasteiger partial charge in [-0.05, 0) is 60.4 Å². The van der Waals surface area contributed by atoms with E-state index in [9.17, 15) is 8.42 Å². The highest BCUT2D eigenvalue weighted by Gasteiger charge is 2.18. The van der Waals surface area contributed by atoms with Crippen LogP contribution in [0.2, 0.25) is 0 Å². The standard InChI is InChI=1S/C16H18N2O2S/c1-11-3-5-15(7-12(11)2)18-21(19,20)16-6-4-13-9-17-10-14(13)8-16/h3-8,17-18H,9-10H2,1-2H3. The van der Waals surface area contributed by atoms with E-state index in [4.69, 9.17) is 0 Å². The first-order valence-electron chi connectivity index (χ1n) is 6.88. The minimum Gasteiger partial charge on any atom is -0.309 e. The molecule has 0 unspecified atom stereocenters. The first-order chi connectivity index (χ1) is 9.95. The van der Waals surface area contributed by atoms with E-state index < -0.39 is 10.0 Å². The van der Waals surface area contributed by atoms with Crippen molar-refractivity contribution in [2.75, 3.05) is 4.72 Å². The predicted molar refractivity (Wildman–Crippen MR) is 83.7 cm³/mol. The molecule has 3 rings (SSSR count). The molecule has 0 saturated carbocycles. The number of sulfonamides is 1. The molecule has 2 aromatic carbocycles. The van der Waals surface area contributed by atoms with Crippen LogP contribution >= 0.6 is 0 Å². The number of nitrogens with one attached hydrogen (secondary N) is 2. The molecular formula is C16H18N2O2S. The number of benzene rings is 2. The molecule has 1 aliphatic rings. The van der Waals surface area contributed by atoms with Crippen LogP contribution in [0, 0.1) is 13.8 Å². The Labute approximate surface area is 125 Å². The van der Waals surface area contributed by atoms with E-state index in [0.717, 1.165) is 29.8 Å². The lowest BCUT2D eigenvalue weighted by Gasteiger charge is -2.11. The first kappa shape index (κ1) is 14.1. The highest BCUT2D eigenvalue weighted by molar-refractivity contribution is 7.92. The van der Waals surface area contributed by atoms with Crippen LogP contribution in [-0.4, -0.2) is 8.42 Å². The van der Waals surface area contributed by atoms with Gasteiger partial charge in [0.2, 0.25) is 0 Å². The molecule has 4 nitrogen and oxygen atoms in total. The Hall–Kier alpha value is -1.85. The summed E-state index contributed by atoms with van der Waals surface area (Å²) in [5.41, 5.74) is 5.02. The summed E-state index contributed by atoms with van der Waals surface area (Å²) < 4.78 is 27.6. The minimum absolute atomic E-state index is 0.308. The largest absolute Gasteiger partial charge is 0.309 e. The molecule has 1 heterocycles. The molecule has 0 amide bonds. The molecule has 2 N–H and O–H groups in total. The van der Waals surface area contributed by atoms with Crippen molar-refractivity contribution in [1.29, 1.82) is 0 Å². The maximum absolute atomic E-state index is 12.5. The zero-order chi connectivity index (χ0) is 15.0. The maximum Gasteiger partial charge on any atom is 0.261 e. The quantitative estimate of drug-likeness (QED) is 0.916. The van der Waals surface area contributed by atoms with Crippen molar-refractivity contribution in [3.63, 3.8) is 0 Å². The van der Waals surface area contributed by atoms with Crippen LogP contribution in [0.5, 0.6) is 0 Å². The van der Waals surface area contributed by atoms with Crippen LogP contribution in [0.25, 0.3) is 0 Å². The number of hydrogen-bond donors (Lipinski definition) is 2. The number of rotatable bonds is 3. The Bertz CT molecular complexity index is 798. The molecule has 0 aromatic heterocycles. The topological polar surface area (TPSA) is 58.2 Å². The highest BCUT2D eigenvalue weighted by Crippen LogP contribution is 2.23. The normalized spacial score (nSPS) is 14.0. The molecular weight excluding hydrogens is 284 g/mol. The van der Waals surface area contributed by atoms with E-state index in [1.807, 2.05) is 32.0 Å². The Morgan fingerprint density at radius 3 is 2.48 bits per heavy atom. The van der Waals surface area contributed by atoms with E-state index in [0.29, 0.717) is 10.6 Å². The first-order valence-corrected chi connectivity index (χ1v) is 8.37. The summed E-state index contributed by atoms with van der Waals surface area (Å²) in [7, 11) is -3.54. The number of aryl methyl sites for hydroxylation is 2. The smallest absolute Gasteiger partial charge is 0.261 e. The van der Waals surface area contributed by atoms with Crippen LogP contribution < -0.4 is 10.0 Å². The van der Waals surface area contributed by atoms with Gasteiger partial charge in [-0.25, -0.2) is 8.42 Å². The highest BCUT2D eigenvalue weighted by atomic mass is 32.2. The summed E-state index contributed by atoms with van der Waals surface area (Å²) in [5, 5.41) is 3.21. The lowest BCUT2D eigenvalue weighted by Crippen LogP contribution is -2.13. The van der Waals surface area contributed by atoms with Crippen LogP contribution in [0.4, 0.5) is 5.69 Å². The molecule has 0 spiro atoms. The van der Waals surface area contributed by atoms with Gasteiger partial charge in [0.15, 0.2) is 0 Å². The van der Waals surface area contributed by atoms with Crippen LogP contribution in [0.1, 0.15) is 22.3 Å². The summed E-state index contributed by atoms with van der Waals surface area (Å²) in [6, 6.07) is 10.8. The van der Waals surface area contributed by atoms with Gasteiger partial charge >= 0.3 is 0 Å². The SMILES string of the molecule is Cc1ccc(NS(=O)(=O)c2ccc3c(c2)CNC3)cc1C. The van der Waals surface area contributed by atoms with Gasteiger partial charge in [0, 0.05) is 18.8 Å². The average Bonchev–Trinajstić information content (AvgIpc) is 2.90. The average molecular weight is 302 g/mol. The second-order valence-electron chi connectivity index (χ2n) is 5.44. The van der Waals surface area contributed by atoms with E-state index in [1.165, 1.54) is 5.56 Å². The molecule has 5 heteroatoms. The van der Waals surface area contributed by atoms with Crippen molar-refractivity contribution in [2.45, 2.75) is 31.8 Å². The zero-order valence-corrected chi connectivity index (χ0v) is 12.9. The molecule has 21 heavy (non-hydrogen) atoms. The third kappa shape index (κ3) is 2.80. The number of anilines is 1. The lowest BCUT2D eigenvalue weighted by molar-refractivity contribution is 0.601. The van der Waals surface area contributed by atoms with Crippen LogP contribution in [-0.2, 0) is 23.1 Å². The molecule has 0 aliphatic carbocycles. The van der Waals surface area contributed by atoms with Gasteiger partial charge in [0.05, 0.1) is 4.90 Å². The number of fused-ring (bicyclic) bond motifs is 1. The van der Waals surface area contributed by atoms with Crippen LogP contribution in [0.3, 0.4) is 0 Å². The third-order valence-electron chi connectivity index (χ3n) is 3.88. The fourth-order valence-electron chi connectivity index (χ4n) is 2.46. The zero-order valence-electron chi connectivity index (χ0n) is 12.1. The molecule has 0 radical (unpaired) electrons. The van der Waals surface area contributed by atoms with Gasteiger partial charge in [0.1, 0.15) is 0 Å². The minimum atomic E-state index is -3.54. The van der Waals surface area contributed by atoms with Crippen molar-refractivity contribution in [2.24, 2.45) is 0 Å². The summed E-state index contributed by atoms with van der Waals surface area (Å²) in [6.07, 6.45) is 0. The summed E-state index contributed by atoms with van der Waals surface area (Å²) >= 11 is 0. The van der Waals surface area contributed by atoms with E-state index >= 15 is 0 Å². The Balaban J connectivity index is 1.91. The van der Waals surface area contributed by atoms with Gasteiger partial charge in [0.25, 0.3) is 10.0 Å². The maximum atomic E-state index is 12.5. The molecule has 0 atom stereocenters. The second-order valence-corrected chi connectivity index (χ2v) is 7.12. The fraction of sp³-hybridized carbons (Fsp3) is 0.250. The number of hydrogen-bond acceptors (Lipinski definition) is 3. The van der Waals surface area contributed by atoms with E-state index in [-0.39, 0.29) is 0 Å². The van der Waals surface area contributed by atoms with Crippen molar-refractivity contribution >= 4 is 15.7 Å². The lowest BCUT2D eigenvalue weighted by atomic mass is 10.1. The Morgan fingerprint density at radius 1 is 0.952 bits per heavy atom. The van der Waals surface area contributed by atoms with Crippen molar-refractivity contribution < 1.29 is 8.42 Å². The summed E-state index contributed by atoms with van der Waals surface area (Å²) in [4.78, 5) is 0.308. The van der Waals surface area contributed by atoms with Crippen molar-refractivity contribution in [3.8, 4) is 0 Å². The van der Waals surface area contributed by atoms with Crippen molar-refractivity contribution in [1.82, 2.24) is 5.32 Å². The third-order valence-corrected chi connectivity index (χ3v) is 5.26. The van der Waals surface area contributed by atoms with Crippen molar-refractivity contribution in [3.05, 3.63) is 58.7 Å². The van der Waals surface area contributed by atoms with Gasteiger partial charge in [-0.1, -0.05) is 12.1 Å². The van der Waals surface area contributed by atoms with Gasteiger partial charge in [-0.2, -0.15) is 0 Å². The van der Waals surface area contributed by atoms with Gasteiger partial charge in [-0.15, -0.1) is 0 Å². The molecule has 0 fully saturated rings. The molecule has 0 bridgehead atoms. The van der Waals surface area contributed by atoms with Crippen LogP contribution in [0.15, 0.2) is 41.3 Å². The molecule has 1 aliphatic heterocycles. The second kappa shape index (κ2) is 5.16. The monoisotopic (exact) mass is 302 g/mol. The molecule has 0 saturated heterocycles. The molecule has 2 aromatic rings. The Morgan fingerprint density at radius 2 is 1.71 bits per heavy atom. The van der Waals surface area contributed by atoms with Gasteiger partial charge < -0.3 is 5.32 Å². The Kier molecular flexibility index (Phi) is 3.47. The summed E-state index contributed by atoms with van der Waals surface area (Å²) in [5.74, 6) is 0. The van der Waals surface area contributed by atoms with E-state index in [2.05, 4.69) is 10.0 Å².